The molecule has 0 bridgehead atoms. The molecule has 1 aliphatic carbocycles. The van der Waals surface area contributed by atoms with Crippen LogP contribution < -0.4 is 10.6 Å². The summed E-state index contributed by atoms with van der Waals surface area (Å²) in [7, 11) is 0. The number of aliphatic hydroxyl groups is 2. The molecule has 4 N–H and O–H groups in total. The minimum absolute atomic E-state index is 0.0452. The Morgan fingerprint density at radius 2 is 1.02 bits per heavy atom. The Morgan fingerprint density at radius 3 is 1.44 bits per heavy atom. The van der Waals surface area contributed by atoms with E-state index in [1.807, 2.05) is 0 Å². The van der Waals surface area contributed by atoms with Gasteiger partial charge in [0.15, 0.2) is 0 Å². The Labute approximate surface area is 317 Å². The molecule has 54 heavy (non-hydrogen) atoms. The maximum atomic E-state index is 12.4. The predicted octanol–water partition coefficient (Wildman–Crippen LogP) is -1.09. The van der Waals surface area contributed by atoms with Gasteiger partial charge in [-0.3, -0.25) is 24.1 Å². The van der Waals surface area contributed by atoms with Crippen molar-refractivity contribution in [3.05, 3.63) is 24.3 Å². The Balaban J connectivity index is 1.19. The van der Waals surface area contributed by atoms with Gasteiger partial charge in [0.2, 0.25) is 5.91 Å². The van der Waals surface area contributed by atoms with Crippen molar-refractivity contribution in [1.82, 2.24) is 15.5 Å². The molecule has 1 heterocycles. The van der Waals surface area contributed by atoms with Crippen LogP contribution in [0.5, 0.6) is 0 Å². The first kappa shape index (κ1) is 47.3. The Bertz CT molecular complexity index is 1080. The lowest BCUT2D eigenvalue weighted by molar-refractivity contribution is -0.142. The maximum absolute atomic E-state index is 12.4. The quantitative estimate of drug-likeness (QED) is 0.0347. The Hall–Kier alpha value is -2.88. The number of carbonyl (C=O) groups excluding carboxylic acids is 4. The molecule has 0 fully saturated rings. The summed E-state index contributed by atoms with van der Waals surface area (Å²) in [5.74, 6) is -1.50. The summed E-state index contributed by atoms with van der Waals surface area (Å²) >= 11 is 0. The SMILES string of the molecule is O=C(CCN1C(=O)C=CC1=O)NCCOCCOCCOCCOCCOCCOCCOCCOCCOCCNC(=O)[C@]1(O)CC/C=C/[C@H](O)CC1. The number of hydrogen-bond donors (Lipinski definition) is 4. The van der Waals surface area contributed by atoms with Crippen molar-refractivity contribution in [3.63, 3.8) is 0 Å². The van der Waals surface area contributed by atoms with Gasteiger partial charge in [-0.15, -0.1) is 0 Å². The predicted molar refractivity (Wildman–Crippen MR) is 192 cm³/mol. The van der Waals surface area contributed by atoms with Gasteiger partial charge in [0.05, 0.1) is 125 Å². The topological polar surface area (TPSA) is 219 Å². The lowest BCUT2D eigenvalue weighted by atomic mass is 9.88. The van der Waals surface area contributed by atoms with Gasteiger partial charge >= 0.3 is 0 Å². The zero-order valence-electron chi connectivity index (χ0n) is 31.4. The van der Waals surface area contributed by atoms with Crippen molar-refractivity contribution < 1.29 is 72.0 Å². The highest BCUT2D eigenvalue weighted by atomic mass is 16.6. The highest BCUT2D eigenvalue weighted by molar-refractivity contribution is 6.13. The number of allylic oxidation sites excluding steroid dienone is 1. The number of carbonyl (C=O) groups is 4. The fourth-order valence-electron chi connectivity index (χ4n) is 4.89. The molecule has 1 aliphatic heterocycles. The van der Waals surface area contributed by atoms with Gasteiger partial charge in [0, 0.05) is 38.2 Å². The smallest absolute Gasteiger partial charge is 0.253 e. The number of nitrogens with zero attached hydrogens (tertiary/aromatic N) is 1. The number of nitrogens with one attached hydrogen (secondary N) is 2. The molecule has 18 heteroatoms. The zero-order valence-corrected chi connectivity index (χ0v) is 31.4. The van der Waals surface area contributed by atoms with E-state index in [4.69, 9.17) is 42.6 Å². The maximum Gasteiger partial charge on any atom is 0.253 e. The van der Waals surface area contributed by atoms with Crippen LogP contribution in [-0.4, -0.2) is 189 Å². The van der Waals surface area contributed by atoms with Crippen molar-refractivity contribution in [2.45, 2.75) is 43.8 Å². The molecule has 310 valence electrons. The van der Waals surface area contributed by atoms with Crippen molar-refractivity contribution >= 4 is 23.6 Å². The largest absolute Gasteiger partial charge is 0.389 e. The summed E-state index contributed by atoms with van der Waals surface area (Å²) in [6.07, 6.45) is 6.67. The van der Waals surface area contributed by atoms with Crippen LogP contribution in [0.1, 0.15) is 32.1 Å². The Morgan fingerprint density at radius 1 is 0.630 bits per heavy atom. The first-order valence-corrected chi connectivity index (χ1v) is 18.7. The molecule has 0 saturated heterocycles. The molecule has 0 radical (unpaired) electrons. The molecule has 4 amide bonds. The van der Waals surface area contributed by atoms with Gasteiger partial charge in [-0.1, -0.05) is 12.2 Å². The average molecular weight is 776 g/mol. The molecular weight excluding hydrogens is 714 g/mol. The van der Waals surface area contributed by atoms with E-state index in [-0.39, 0.29) is 31.8 Å². The first-order valence-electron chi connectivity index (χ1n) is 18.7. The lowest BCUT2D eigenvalue weighted by Gasteiger charge is -2.28. The molecule has 0 aromatic carbocycles. The van der Waals surface area contributed by atoms with Crippen LogP contribution in [0, 0.1) is 0 Å². The molecule has 0 unspecified atom stereocenters. The van der Waals surface area contributed by atoms with Gasteiger partial charge < -0.3 is 63.5 Å². The molecule has 0 saturated carbocycles. The van der Waals surface area contributed by atoms with E-state index < -0.39 is 29.4 Å². The number of rotatable bonds is 34. The Kier molecular flexibility index (Phi) is 27.4. The van der Waals surface area contributed by atoms with Gasteiger partial charge in [-0.25, -0.2) is 0 Å². The summed E-state index contributed by atoms with van der Waals surface area (Å²) in [5, 5.41) is 25.8. The van der Waals surface area contributed by atoms with Crippen LogP contribution in [0.2, 0.25) is 0 Å². The second-order valence-electron chi connectivity index (χ2n) is 12.1. The highest BCUT2D eigenvalue weighted by Gasteiger charge is 2.35. The average Bonchev–Trinajstić information content (AvgIpc) is 3.48. The van der Waals surface area contributed by atoms with Gasteiger partial charge in [-0.05, 0) is 25.7 Å². The summed E-state index contributed by atoms with van der Waals surface area (Å²) < 4.78 is 49.1. The van der Waals surface area contributed by atoms with Gasteiger partial charge in [0.1, 0.15) is 5.60 Å². The molecule has 2 rings (SSSR count). The highest BCUT2D eigenvalue weighted by Crippen LogP contribution is 2.24. The minimum atomic E-state index is -1.47. The lowest BCUT2D eigenvalue weighted by Crippen LogP contribution is -2.48. The van der Waals surface area contributed by atoms with E-state index in [0.29, 0.717) is 145 Å². The van der Waals surface area contributed by atoms with Crippen LogP contribution in [0.15, 0.2) is 24.3 Å². The van der Waals surface area contributed by atoms with E-state index in [1.54, 1.807) is 12.2 Å². The summed E-state index contributed by atoms with van der Waals surface area (Å²) in [6, 6.07) is 0. The van der Waals surface area contributed by atoms with Crippen LogP contribution in [0.25, 0.3) is 0 Å². The second-order valence-corrected chi connectivity index (χ2v) is 12.1. The van der Waals surface area contributed by atoms with Crippen molar-refractivity contribution in [3.8, 4) is 0 Å². The molecule has 2 aliphatic rings. The molecule has 0 aromatic heterocycles. The third kappa shape index (κ3) is 23.8. The van der Waals surface area contributed by atoms with Crippen LogP contribution in [0.3, 0.4) is 0 Å². The standard InChI is InChI=1S/C36H61N3O15/c40-31-3-1-2-8-36(45,9-6-31)35(44)38-11-14-47-16-18-49-20-22-51-24-26-53-28-30-54-29-27-52-25-23-50-21-19-48-17-15-46-13-10-37-32(41)7-12-39-33(42)4-5-34(39)43/h1,3-5,31,40,45H,2,6-30H2,(H,37,41)(H,38,44)/b3-1+/t31-,36-/m0/s1. The second kappa shape index (κ2) is 31.3. The molecule has 18 nitrogen and oxygen atoms in total. The van der Waals surface area contributed by atoms with Crippen molar-refractivity contribution in [2.24, 2.45) is 0 Å². The number of imide groups is 1. The monoisotopic (exact) mass is 775 g/mol. The summed E-state index contributed by atoms with van der Waals surface area (Å²) in [4.78, 5) is 48.1. The van der Waals surface area contributed by atoms with E-state index >= 15 is 0 Å². The van der Waals surface area contributed by atoms with Crippen LogP contribution in [-0.2, 0) is 61.8 Å². The van der Waals surface area contributed by atoms with E-state index in [9.17, 15) is 29.4 Å². The molecular formula is C36H61N3O15. The summed E-state index contributed by atoms with van der Waals surface area (Å²) in [6.45, 7) is 8.13. The number of amides is 4. The van der Waals surface area contributed by atoms with Gasteiger partial charge in [-0.2, -0.15) is 0 Å². The van der Waals surface area contributed by atoms with Crippen molar-refractivity contribution in [1.29, 1.82) is 0 Å². The summed E-state index contributed by atoms with van der Waals surface area (Å²) in [5.41, 5.74) is -1.47. The first-order chi connectivity index (χ1) is 26.3. The fraction of sp³-hybridized carbons (Fsp3) is 0.778. The minimum Gasteiger partial charge on any atom is -0.389 e. The number of hydrogen-bond acceptors (Lipinski definition) is 15. The van der Waals surface area contributed by atoms with E-state index in [0.717, 1.165) is 4.90 Å². The van der Waals surface area contributed by atoms with E-state index in [1.165, 1.54) is 12.2 Å². The molecule has 0 spiro atoms. The normalized spacial score (nSPS) is 19.2. The van der Waals surface area contributed by atoms with Crippen LogP contribution >= 0.6 is 0 Å². The zero-order chi connectivity index (χ0) is 39.0. The third-order valence-electron chi connectivity index (χ3n) is 7.90. The van der Waals surface area contributed by atoms with Gasteiger partial charge in [0.25, 0.3) is 17.7 Å². The number of ether oxygens (including phenoxy) is 9. The molecule has 2 atom stereocenters. The molecule has 0 aromatic rings. The van der Waals surface area contributed by atoms with Crippen molar-refractivity contribution in [2.75, 3.05) is 139 Å². The van der Waals surface area contributed by atoms with Crippen LogP contribution in [0.4, 0.5) is 0 Å². The third-order valence-corrected chi connectivity index (χ3v) is 7.90. The fourth-order valence-corrected chi connectivity index (χ4v) is 4.89. The number of aliphatic hydroxyl groups excluding tert-OH is 1. The van der Waals surface area contributed by atoms with E-state index in [2.05, 4.69) is 10.6 Å².